The van der Waals surface area contributed by atoms with Crippen LogP contribution in [0.4, 0.5) is 0 Å². The Kier molecular flexibility index (Phi) is 25.6. The van der Waals surface area contributed by atoms with Crippen molar-refractivity contribution < 1.29 is 38.2 Å². The van der Waals surface area contributed by atoms with Gasteiger partial charge in [-0.15, -0.1) is 0 Å². The highest BCUT2D eigenvalue weighted by Crippen LogP contribution is 2.11. The Morgan fingerprint density at radius 1 is 0.721 bits per heavy atom. The lowest BCUT2D eigenvalue weighted by atomic mass is 10.1. The summed E-state index contributed by atoms with van der Waals surface area (Å²) in [5, 5.41) is 9.52. The van der Waals surface area contributed by atoms with E-state index in [0.717, 1.165) is 64.2 Å². The predicted octanol–water partition coefficient (Wildman–Crippen LogP) is 7.57. The molecule has 0 aliphatic rings. The number of aliphatic carboxylic acids is 1. The topological polar surface area (TPSA) is 99.1 Å². The maximum atomic E-state index is 12.5. The average molecular weight is 609 g/mol. The van der Waals surface area contributed by atoms with Crippen LogP contribution < -0.4 is 0 Å². The molecule has 0 bridgehead atoms. The van der Waals surface area contributed by atoms with Gasteiger partial charge in [-0.1, -0.05) is 82.4 Å². The van der Waals surface area contributed by atoms with Crippen LogP contribution >= 0.6 is 0 Å². The van der Waals surface area contributed by atoms with Gasteiger partial charge in [-0.05, 0) is 51.4 Å². The molecular formula is C35H62NO7+. The maximum Gasteiger partial charge on any atom is 0.362 e. The number of likely N-dealkylation sites (N-methyl/N-ethyl adjacent to an activating group) is 1. The molecule has 0 spiro atoms. The summed E-state index contributed by atoms with van der Waals surface area (Å²) in [4.78, 5) is 36.4. The lowest BCUT2D eigenvalue weighted by Crippen LogP contribution is -2.50. The van der Waals surface area contributed by atoms with E-state index < -0.39 is 18.1 Å². The summed E-state index contributed by atoms with van der Waals surface area (Å²) in [6.07, 6.45) is 26.5. The van der Waals surface area contributed by atoms with E-state index in [0.29, 0.717) is 19.3 Å². The fourth-order valence-electron chi connectivity index (χ4n) is 4.44. The molecule has 0 fully saturated rings. The number of hydrogen-bond acceptors (Lipinski definition) is 6. The van der Waals surface area contributed by atoms with Crippen molar-refractivity contribution in [3.8, 4) is 0 Å². The van der Waals surface area contributed by atoms with Crippen LogP contribution in [0.1, 0.15) is 117 Å². The van der Waals surface area contributed by atoms with Crippen molar-refractivity contribution in [3.63, 3.8) is 0 Å². The van der Waals surface area contributed by atoms with Crippen LogP contribution in [0.25, 0.3) is 0 Å². The predicted molar refractivity (Wildman–Crippen MR) is 174 cm³/mol. The van der Waals surface area contributed by atoms with Crippen LogP contribution in [0.15, 0.2) is 36.5 Å². The second-order valence-corrected chi connectivity index (χ2v) is 12.0. The molecule has 43 heavy (non-hydrogen) atoms. The summed E-state index contributed by atoms with van der Waals surface area (Å²) in [6, 6.07) is -0.618. The molecule has 0 aromatic rings. The van der Waals surface area contributed by atoms with Crippen LogP contribution in [-0.2, 0) is 28.6 Å². The Morgan fingerprint density at radius 3 is 2.02 bits per heavy atom. The normalized spacial score (nSPS) is 13.6. The summed E-state index contributed by atoms with van der Waals surface area (Å²) in [5.74, 6) is -1.57. The quantitative estimate of drug-likeness (QED) is 0.0423. The fraction of sp³-hybridized carbons (Fsp3) is 0.743. The fourth-order valence-corrected chi connectivity index (χ4v) is 4.44. The van der Waals surface area contributed by atoms with E-state index in [1.807, 2.05) is 27.2 Å². The van der Waals surface area contributed by atoms with Gasteiger partial charge in [0.05, 0.1) is 34.4 Å². The van der Waals surface area contributed by atoms with Crippen LogP contribution in [0.2, 0.25) is 0 Å². The maximum absolute atomic E-state index is 12.5. The van der Waals surface area contributed by atoms with E-state index in [4.69, 9.17) is 14.2 Å². The highest BCUT2D eigenvalue weighted by Gasteiger charge is 2.31. The van der Waals surface area contributed by atoms with Crippen LogP contribution in [-0.4, -0.2) is 80.6 Å². The number of rotatable bonds is 28. The number of carboxylic acids is 1. The molecule has 8 nitrogen and oxygen atoms in total. The van der Waals surface area contributed by atoms with Crippen molar-refractivity contribution in [2.24, 2.45) is 0 Å². The molecule has 8 heteroatoms. The number of carbonyl (C=O) groups is 3. The average Bonchev–Trinajstić information content (AvgIpc) is 2.94. The molecule has 0 aliphatic heterocycles. The number of hydrogen-bond donors (Lipinski definition) is 1. The standard InChI is InChI=1S/C35H61NO7/c1-6-8-10-12-14-15-16-17-18-20-21-23-25-33(37)42-30-31(29-41-28-27-32(35(39)40)36(3,4)5)43-34(38)26-24-22-19-13-11-9-7-2/h8,10,14-15,19,22,31-32H,6-7,9,11-13,16-18,20-21,23-30H2,1-5H3/p+1/b10-8+,15-14+,22-19+. The van der Waals surface area contributed by atoms with Gasteiger partial charge in [-0.2, -0.15) is 0 Å². The van der Waals surface area contributed by atoms with Gasteiger partial charge >= 0.3 is 17.9 Å². The van der Waals surface area contributed by atoms with Gasteiger partial charge in [-0.25, -0.2) is 4.79 Å². The number of allylic oxidation sites excluding steroid dienone is 6. The van der Waals surface area contributed by atoms with E-state index in [-0.39, 0.29) is 42.7 Å². The number of unbranched alkanes of at least 4 members (excludes halogenated alkanes) is 8. The van der Waals surface area contributed by atoms with Gasteiger partial charge in [0.2, 0.25) is 0 Å². The third-order valence-corrected chi connectivity index (χ3v) is 7.04. The number of carboxylic acid groups (broad SMARTS) is 1. The molecule has 0 aromatic carbocycles. The Morgan fingerprint density at radius 2 is 1.35 bits per heavy atom. The molecule has 0 saturated carbocycles. The Labute approximate surface area is 262 Å². The van der Waals surface area contributed by atoms with Crippen LogP contribution in [0.3, 0.4) is 0 Å². The molecule has 2 atom stereocenters. The number of esters is 2. The summed E-state index contributed by atoms with van der Waals surface area (Å²) in [5.41, 5.74) is 0. The summed E-state index contributed by atoms with van der Waals surface area (Å²) >= 11 is 0. The molecule has 2 unspecified atom stereocenters. The SMILES string of the molecule is CC/C=C/C/C=C/CCCCCCCC(=O)OCC(COCCC(C(=O)O)[N+](C)(C)C)OC(=O)CC/C=C/CCCCC. The third kappa shape index (κ3) is 25.7. The number of quaternary nitrogens is 1. The molecule has 0 saturated heterocycles. The number of ether oxygens (including phenoxy) is 3. The first-order valence-corrected chi connectivity index (χ1v) is 16.5. The van der Waals surface area contributed by atoms with Crippen molar-refractivity contribution in [1.29, 1.82) is 0 Å². The molecule has 0 aliphatic carbocycles. The molecule has 0 rings (SSSR count). The molecule has 0 amide bonds. The summed E-state index contributed by atoms with van der Waals surface area (Å²) in [7, 11) is 5.48. The highest BCUT2D eigenvalue weighted by molar-refractivity contribution is 5.72. The zero-order valence-electron chi connectivity index (χ0n) is 27.9. The first kappa shape index (κ1) is 40.5. The Hall–Kier alpha value is -2.45. The van der Waals surface area contributed by atoms with Gasteiger partial charge in [0.25, 0.3) is 0 Å². The first-order valence-electron chi connectivity index (χ1n) is 16.5. The molecular weight excluding hydrogens is 546 g/mol. The monoisotopic (exact) mass is 608 g/mol. The van der Waals surface area contributed by atoms with Crippen LogP contribution in [0.5, 0.6) is 0 Å². The van der Waals surface area contributed by atoms with Gasteiger partial charge in [0.1, 0.15) is 6.61 Å². The van der Waals surface area contributed by atoms with Crippen molar-refractivity contribution in [2.75, 3.05) is 41.0 Å². The van der Waals surface area contributed by atoms with Crippen molar-refractivity contribution >= 4 is 17.9 Å². The van der Waals surface area contributed by atoms with Gasteiger partial charge in [0.15, 0.2) is 12.1 Å². The van der Waals surface area contributed by atoms with Gasteiger partial charge in [0, 0.05) is 19.3 Å². The van der Waals surface area contributed by atoms with Gasteiger partial charge < -0.3 is 23.8 Å². The number of nitrogens with zero attached hydrogens (tertiary/aromatic N) is 1. The Bertz CT molecular complexity index is 813. The third-order valence-electron chi connectivity index (χ3n) is 7.04. The van der Waals surface area contributed by atoms with E-state index in [2.05, 4.69) is 44.2 Å². The molecule has 0 radical (unpaired) electrons. The minimum Gasteiger partial charge on any atom is -0.477 e. The minimum atomic E-state index is -0.886. The molecule has 0 heterocycles. The van der Waals surface area contributed by atoms with Crippen LogP contribution in [0, 0.1) is 0 Å². The molecule has 1 N–H and O–H groups in total. The lowest BCUT2D eigenvalue weighted by Gasteiger charge is -2.31. The van der Waals surface area contributed by atoms with E-state index in [1.165, 1.54) is 12.8 Å². The largest absolute Gasteiger partial charge is 0.477 e. The van der Waals surface area contributed by atoms with E-state index in [9.17, 15) is 19.5 Å². The smallest absolute Gasteiger partial charge is 0.362 e. The van der Waals surface area contributed by atoms with Crippen molar-refractivity contribution in [2.45, 2.75) is 129 Å². The highest BCUT2D eigenvalue weighted by atomic mass is 16.6. The Balaban J connectivity index is 4.51. The molecule has 248 valence electrons. The van der Waals surface area contributed by atoms with E-state index in [1.54, 1.807) is 0 Å². The lowest BCUT2D eigenvalue weighted by molar-refractivity contribution is -0.887. The summed E-state index contributed by atoms with van der Waals surface area (Å²) < 4.78 is 17.0. The zero-order valence-corrected chi connectivity index (χ0v) is 27.9. The van der Waals surface area contributed by atoms with Crippen molar-refractivity contribution in [3.05, 3.63) is 36.5 Å². The molecule has 0 aromatic heterocycles. The van der Waals surface area contributed by atoms with Crippen molar-refractivity contribution in [1.82, 2.24) is 0 Å². The second-order valence-electron chi connectivity index (χ2n) is 12.0. The minimum absolute atomic E-state index is 0.0404. The number of carbonyl (C=O) groups excluding carboxylic acids is 2. The van der Waals surface area contributed by atoms with E-state index >= 15 is 0 Å². The summed E-state index contributed by atoms with van der Waals surface area (Å²) in [6.45, 7) is 4.46. The second kappa shape index (κ2) is 27.1. The first-order chi connectivity index (χ1) is 20.6. The van der Waals surface area contributed by atoms with Gasteiger partial charge in [-0.3, -0.25) is 9.59 Å². The zero-order chi connectivity index (χ0) is 32.2.